The van der Waals surface area contributed by atoms with Crippen LogP contribution in [0.25, 0.3) is 5.57 Å². The third-order valence-electron chi connectivity index (χ3n) is 6.65. The molecule has 0 saturated heterocycles. The van der Waals surface area contributed by atoms with Gasteiger partial charge in [0.1, 0.15) is 11.8 Å². The molecule has 1 unspecified atom stereocenters. The van der Waals surface area contributed by atoms with Gasteiger partial charge in [0.2, 0.25) is 0 Å². The molecule has 4 rings (SSSR count). The number of nitrogens with one attached hydrogen (secondary N) is 2. The molecule has 1 atom stereocenters. The fraction of sp³-hybridized carbons (Fsp3) is 0.385. The summed E-state index contributed by atoms with van der Waals surface area (Å²) in [6, 6.07) is 14.0. The standard InChI is InChI=1S/C26H28Cl2N4/c1-17(22-9-7-20(27)15-24(22)28)31-26-14-19(6-8-23(26)25(30)16-29)18-10-12-32(13-11-18)21-4-2-3-5-21/h6-10,14-15,17,21,30-31H,2-5,11-13H2,1H3. The van der Waals surface area contributed by atoms with Crippen molar-refractivity contribution in [3.8, 4) is 6.07 Å². The Morgan fingerprint density at radius 2 is 1.97 bits per heavy atom. The lowest BCUT2D eigenvalue weighted by molar-refractivity contribution is 0.219. The number of hydrogen-bond acceptors (Lipinski definition) is 4. The smallest absolute Gasteiger partial charge is 0.141 e. The molecule has 6 heteroatoms. The summed E-state index contributed by atoms with van der Waals surface area (Å²) in [6.07, 6.45) is 8.73. The Labute approximate surface area is 200 Å². The number of anilines is 1. The SMILES string of the molecule is CC(Nc1cc(C2=CCN(C3CCCC3)CC2)ccc1C(=N)C#N)c1ccc(Cl)cc1Cl. The molecule has 0 spiro atoms. The van der Waals surface area contributed by atoms with Crippen molar-refractivity contribution in [3.63, 3.8) is 0 Å². The summed E-state index contributed by atoms with van der Waals surface area (Å²) in [5.41, 5.74) is 4.69. The second kappa shape index (κ2) is 10.1. The maximum Gasteiger partial charge on any atom is 0.141 e. The third-order valence-corrected chi connectivity index (χ3v) is 7.22. The molecule has 1 heterocycles. The van der Waals surface area contributed by atoms with E-state index in [0.29, 0.717) is 15.6 Å². The van der Waals surface area contributed by atoms with Crippen molar-refractivity contribution >= 4 is 40.2 Å². The van der Waals surface area contributed by atoms with Crippen LogP contribution in [0, 0.1) is 16.7 Å². The van der Waals surface area contributed by atoms with Gasteiger partial charge in [-0.05, 0) is 67.2 Å². The van der Waals surface area contributed by atoms with Gasteiger partial charge in [-0.3, -0.25) is 10.3 Å². The molecule has 2 aliphatic rings. The lowest BCUT2D eigenvalue weighted by atomic mass is 9.95. The summed E-state index contributed by atoms with van der Waals surface area (Å²) >= 11 is 12.5. The van der Waals surface area contributed by atoms with Crippen molar-refractivity contribution in [2.24, 2.45) is 0 Å². The molecule has 32 heavy (non-hydrogen) atoms. The van der Waals surface area contributed by atoms with Crippen molar-refractivity contribution < 1.29 is 0 Å². The van der Waals surface area contributed by atoms with Gasteiger partial charge in [-0.15, -0.1) is 0 Å². The van der Waals surface area contributed by atoms with Gasteiger partial charge in [0.05, 0.1) is 6.04 Å². The first-order valence-electron chi connectivity index (χ1n) is 11.2. The van der Waals surface area contributed by atoms with Gasteiger partial charge in [0.25, 0.3) is 0 Å². The highest BCUT2D eigenvalue weighted by atomic mass is 35.5. The second-order valence-electron chi connectivity index (χ2n) is 8.69. The zero-order valence-electron chi connectivity index (χ0n) is 18.3. The quantitative estimate of drug-likeness (QED) is 0.446. The van der Waals surface area contributed by atoms with Crippen LogP contribution in [-0.2, 0) is 0 Å². The third kappa shape index (κ3) is 5.02. The number of hydrogen-bond donors (Lipinski definition) is 2. The van der Waals surface area contributed by atoms with Crippen LogP contribution in [0.15, 0.2) is 42.5 Å². The average Bonchev–Trinajstić information content (AvgIpc) is 3.33. The molecule has 1 saturated carbocycles. The fourth-order valence-corrected chi connectivity index (χ4v) is 5.43. The van der Waals surface area contributed by atoms with Gasteiger partial charge in [-0.25, -0.2) is 0 Å². The number of rotatable bonds is 6. The molecule has 1 aliphatic carbocycles. The van der Waals surface area contributed by atoms with Gasteiger partial charge in [0.15, 0.2) is 0 Å². The molecular formula is C26H28Cl2N4. The maximum absolute atomic E-state index is 9.33. The molecule has 1 fully saturated rings. The Bertz CT molecular complexity index is 1080. The summed E-state index contributed by atoms with van der Waals surface area (Å²) in [6.45, 7) is 4.10. The first kappa shape index (κ1) is 22.9. The Morgan fingerprint density at radius 1 is 1.19 bits per heavy atom. The fourth-order valence-electron chi connectivity index (χ4n) is 4.85. The molecule has 0 radical (unpaired) electrons. The summed E-state index contributed by atoms with van der Waals surface area (Å²) < 4.78 is 0. The van der Waals surface area contributed by atoms with Gasteiger partial charge in [0, 0.05) is 40.4 Å². The molecule has 166 valence electrons. The zero-order chi connectivity index (χ0) is 22.7. The molecule has 1 aliphatic heterocycles. The Kier molecular flexibility index (Phi) is 7.20. The average molecular weight is 467 g/mol. The normalized spacial score (nSPS) is 18.1. The Morgan fingerprint density at radius 3 is 2.62 bits per heavy atom. The lowest BCUT2D eigenvalue weighted by Crippen LogP contribution is -2.36. The van der Waals surface area contributed by atoms with Crippen LogP contribution in [0.4, 0.5) is 5.69 Å². The van der Waals surface area contributed by atoms with Crippen molar-refractivity contribution in [2.75, 3.05) is 18.4 Å². The molecule has 0 aromatic heterocycles. The lowest BCUT2D eigenvalue weighted by Gasteiger charge is -2.32. The van der Waals surface area contributed by atoms with Crippen LogP contribution in [0.2, 0.25) is 10.0 Å². The summed E-state index contributed by atoms with van der Waals surface area (Å²) in [7, 11) is 0. The number of halogens is 2. The van der Waals surface area contributed by atoms with Crippen LogP contribution in [0.1, 0.15) is 61.8 Å². The number of benzene rings is 2. The van der Waals surface area contributed by atoms with E-state index in [1.54, 1.807) is 6.07 Å². The van der Waals surface area contributed by atoms with E-state index in [1.807, 2.05) is 37.3 Å². The van der Waals surface area contributed by atoms with Crippen LogP contribution in [0.5, 0.6) is 0 Å². The Balaban J connectivity index is 1.59. The second-order valence-corrected chi connectivity index (χ2v) is 9.54. The van der Waals surface area contributed by atoms with Crippen molar-refractivity contribution in [3.05, 3.63) is 69.2 Å². The molecular weight excluding hydrogens is 439 g/mol. The van der Waals surface area contributed by atoms with Crippen molar-refractivity contribution in [1.82, 2.24) is 4.90 Å². The summed E-state index contributed by atoms with van der Waals surface area (Å²) in [5.74, 6) is 0. The first-order valence-corrected chi connectivity index (χ1v) is 12.0. The summed E-state index contributed by atoms with van der Waals surface area (Å²) in [4.78, 5) is 2.61. The molecule has 0 bridgehead atoms. The minimum Gasteiger partial charge on any atom is -0.378 e. The maximum atomic E-state index is 9.33. The minimum absolute atomic E-state index is 0.0570. The molecule has 2 N–H and O–H groups in total. The first-order chi connectivity index (χ1) is 15.5. The summed E-state index contributed by atoms with van der Waals surface area (Å²) in [5, 5.41) is 22.1. The van der Waals surface area contributed by atoms with Crippen LogP contribution < -0.4 is 5.32 Å². The van der Waals surface area contributed by atoms with E-state index < -0.39 is 0 Å². The van der Waals surface area contributed by atoms with Crippen LogP contribution in [0.3, 0.4) is 0 Å². The van der Waals surface area contributed by atoms with E-state index in [0.717, 1.165) is 42.4 Å². The van der Waals surface area contributed by atoms with E-state index in [4.69, 9.17) is 28.6 Å². The molecule has 4 nitrogen and oxygen atoms in total. The molecule has 2 aromatic carbocycles. The van der Waals surface area contributed by atoms with Gasteiger partial charge < -0.3 is 5.32 Å². The minimum atomic E-state index is -0.113. The molecule has 0 amide bonds. The highest BCUT2D eigenvalue weighted by Crippen LogP contribution is 2.33. The largest absolute Gasteiger partial charge is 0.378 e. The Hall–Kier alpha value is -2.32. The zero-order valence-corrected chi connectivity index (χ0v) is 19.8. The van der Waals surface area contributed by atoms with Crippen LogP contribution >= 0.6 is 23.2 Å². The van der Waals surface area contributed by atoms with Crippen molar-refractivity contribution in [2.45, 2.75) is 51.1 Å². The van der Waals surface area contributed by atoms with Crippen LogP contribution in [-0.4, -0.2) is 29.7 Å². The van der Waals surface area contributed by atoms with Gasteiger partial charge >= 0.3 is 0 Å². The van der Waals surface area contributed by atoms with E-state index in [1.165, 1.54) is 31.3 Å². The van der Waals surface area contributed by atoms with E-state index >= 15 is 0 Å². The predicted molar refractivity (Wildman–Crippen MR) is 134 cm³/mol. The molecule has 2 aromatic rings. The van der Waals surface area contributed by atoms with Gasteiger partial charge in [-0.1, -0.05) is 54.3 Å². The number of nitrogens with zero attached hydrogens (tertiary/aromatic N) is 2. The van der Waals surface area contributed by atoms with Gasteiger partial charge in [-0.2, -0.15) is 5.26 Å². The predicted octanol–water partition coefficient (Wildman–Crippen LogP) is 7.09. The highest BCUT2D eigenvalue weighted by molar-refractivity contribution is 6.35. The van der Waals surface area contributed by atoms with E-state index in [-0.39, 0.29) is 11.8 Å². The number of nitriles is 1. The monoisotopic (exact) mass is 466 g/mol. The topological polar surface area (TPSA) is 62.9 Å². The van der Waals surface area contributed by atoms with Crippen molar-refractivity contribution in [1.29, 1.82) is 10.7 Å². The highest BCUT2D eigenvalue weighted by Gasteiger charge is 2.24. The van der Waals surface area contributed by atoms with E-state index in [2.05, 4.69) is 22.4 Å². The van der Waals surface area contributed by atoms with E-state index in [9.17, 15) is 5.26 Å².